The van der Waals surface area contributed by atoms with Crippen molar-refractivity contribution in [2.45, 2.75) is 45.8 Å². The normalized spacial score (nSPS) is 20.5. The Morgan fingerprint density at radius 2 is 1.93 bits per heavy atom. The van der Waals surface area contributed by atoms with Gasteiger partial charge in [0.25, 0.3) is 5.91 Å². The Hall–Kier alpha value is -4.70. The summed E-state index contributed by atoms with van der Waals surface area (Å²) in [5, 5.41) is 6.94. The van der Waals surface area contributed by atoms with Crippen molar-refractivity contribution in [1.82, 2.24) is 29.6 Å². The smallest absolute Gasteiger partial charge is 0.269 e. The molecule has 1 aliphatic heterocycles. The number of aromatic nitrogens is 5. The molecule has 0 unspecified atom stereocenters. The minimum Gasteiger partial charge on any atom is -0.364 e. The van der Waals surface area contributed by atoms with Crippen molar-refractivity contribution in [2.24, 2.45) is 11.1 Å². The molecule has 3 amide bonds. The maximum absolute atomic E-state index is 15.8. The van der Waals surface area contributed by atoms with E-state index in [1.807, 2.05) is 19.9 Å². The molecule has 6 rings (SSSR count). The van der Waals surface area contributed by atoms with E-state index < -0.39 is 41.0 Å². The molecule has 3 aromatic heterocycles. The zero-order chi connectivity index (χ0) is 29.9. The number of carbonyl (C=O) groups excluding carboxylic acids is 3. The van der Waals surface area contributed by atoms with Crippen LogP contribution in [0.3, 0.4) is 0 Å². The highest BCUT2D eigenvalue weighted by Crippen LogP contribution is 2.45. The summed E-state index contributed by atoms with van der Waals surface area (Å²) in [4.78, 5) is 53.6. The Morgan fingerprint density at radius 3 is 2.60 bits per heavy atom. The van der Waals surface area contributed by atoms with Crippen molar-refractivity contribution in [1.29, 1.82) is 0 Å². The number of carbonyl (C=O) groups is 3. The van der Waals surface area contributed by atoms with E-state index in [0.717, 1.165) is 5.56 Å². The molecule has 1 saturated heterocycles. The number of halogens is 2. The van der Waals surface area contributed by atoms with Crippen molar-refractivity contribution >= 4 is 50.4 Å². The van der Waals surface area contributed by atoms with E-state index in [1.165, 1.54) is 28.0 Å². The van der Waals surface area contributed by atoms with Gasteiger partial charge in [-0.2, -0.15) is 5.10 Å². The third kappa shape index (κ3) is 4.48. The first-order valence-corrected chi connectivity index (χ1v) is 13.8. The van der Waals surface area contributed by atoms with Crippen LogP contribution >= 0.6 is 15.9 Å². The molecule has 42 heavy (non-hydrogen) atoms. The summed E-state index contributed by atoms with van der Waals surface area (Å²) >= 11 is 3.31. The predicted octanol–water partition coefficient (Wildman–Crippen LogP) is 3.14. The number of benzene rings is 1. The standard InChI is InChI=1S/C29H24BrFN8O3/c1-14-4-7-21(30)35-27(14)36-28(42)19-10-29(3)9-8-20(29)39(19)22(40)13-38-18-6-5-17(16-11-33-15(2)34-12-16)24(31)23(18)25(37-38)26(32)41/h4-7,11-12,19-20H,10,13H2,1-3H3,(H2,32,41)(H,35,36,42)/t19-,20+,29+/m0/s1. The van der Waals surface area contributed by atoms with E-state index in [0.29, 0.717) is 28.2 Å². The average molecular weight is 631 g/mol. The van der Waals surface area contributed by atoms with Crippen LogP contribution in [0.1, 0.15) is 35.2 Å². The summed E-state index contributed by atoms with van der Waals surface area (Å²) < 4.78 is 17.6. The number of amides is 3. The molecule has 4 heterocycles. The molecule has 0 saturated carbocycles. The molecule has 212 valence electrons. The van der Waals surface area contributed by atoms with Gasteiger partial charge in [-0.1, -0.05) is 17.9 Å². The van der Waals surface area contributed by atoms with Crippen molar-refractivity contribution in [3.63, 3.8) is 0 Å². The van der Waals surface area contributed by atoms with E-state index >= 15 is 4.39 Å². The number of anilines is 1. The second-order valence-electron chi connectivity index (χ2n) is 10.6. The van der Waals surface area contributed by atoms with Gasteiger partial charge in [-0.15, -0.1) is 0 Å². The zero-order valence-corrected chi connectivity index (χ0v) is 24.4. The van der Waals surface area contributed by atoms with Crippen LogP contribution in [0.25, 0.3) is 22.0 Å². The van der Waals surface area contributed by atoms with Crippen LogP contribution < -0.4 is 11.1 Å². The maximum Gasteiger partial charge on any atom is 0.269 e. The first-order valence-electron chi connectivity index (χ1n) is 13.0. The van der Waals surface area contributed by atoms with Crippen LogP contribution in [-0.4, -0.2) is 59.4 Å². The molecule has 1 aromatic carbocycles. The summed E-state index contributed by atoms with van der Waals surface area (Å²) in [7, 11) is 0. The molecular weight excluding hydrogens is 607 g/mol. The van der Waals surface area contributed by atoms with Gasteiger partial charge in [0, 0.05) is 23.5 Å². The molecule has 0 radical (unpaired) electrons. The van der Waals surface area contributed by atoms with Crippen molar-refractivity contribution in [3.05, 3.63) is 64.2 Å². The molecule has 3 N–H and O–H groups in total. The van der Waals surface area contributed by atoms with E-state index in [4.69, 9.17) is 5.73 Å². The summed E-state index contributed by atoms with van der Waals surface area (Å²) in [5.41, 5.74) is 6.21. The van der Waals surface area contributed by atoms with Crippen LogP contribution in [0.4, 0.5) is 10.2 Å². The van der Waals surface area contributed by atoms with E-state index in [-0.39, 0.29) is 28.7 Å². The van der Waals surface area contributed by atoms with E-state index in [1.54, 1.807) is 19.1 Å². The van der Waals surface area contributed by atoms with Gasteiger partial charge < -0.3 is 16.0 Å². The third-order valence-electron chi connectivity index (χ3n) is 7.69. The zero-order valence-electron chi connectivity index (χ0n) is 22.8. The van der Waals surface area contributed by atoms with Crippen LogP contribution in [0.2, 0.25) is 0 Å². The first kappa shape index (κ1) is 27.5. The monoisotopic (exact) mass is 630 g/mol. The lowest BCUT2D eigenvalue weighted by molar-refractivity contribution is -0.138. The fraction of sp³-hybridized carbons (Fsp3) is 0.276. The number of fused-ring (bicyclic) bond motifs is 2. The van der Waals surface area contributed by atoms with Gasteiger partial charge >= 0.3 is 0 Å². The van der Waals surface area contributed by atoms with Crippen molar-refractivity contribution in [2.75, 3.05) is 5.32 Å². The Bertz CT molecular complexity index is 1880. The molecular formula is C29H24BrFN8O3. The van der Waals surface area contributed by atoms with Gasteiger partial charge in [-0.25, -0.2) is 19.3 Å². The van der Waals surface area contributed by atoms with Crippen LogP contribution in [0.5, 0.6) is 0 Å². The molecule has 4 aromatic rings. The molecule has 3 atom stereocenters. The van der Waals surface area contributed by atoms with Gasteiger partial charge in [0.1, 0.15) is 40.7 Å². The maximum atomic E-state index is 15.8. The molecule has 1 aliphatic carbocycles. The highest BCUT2D eigenvalue weighted by atomic mass is 79.9. The Morgan fingerprint density at radius 1 is 1.19 bits per heavy atom. The first-order chi connectivity index (χ1) is 20.0. The lowest BCUT2D eigenvalue weighted by Gasteiger charge is -2.34. The van der Waals surface area contributed by atoms with Gasteiger partial charge in [-0.05, 0) is 66.9 Å². The number of primary amides is 1. The third-order valence-corrected chi connectivity index (χ3v) is 8.13. The number of pyridine rings is 1. The number of nitrogens with one attached hydrogen (secondary N) is 1. The minimum atomic E-state index is -0.949. The fourth-order valence-electron chi connectivity index (χ4n) is 5.46. The topological polar surface area (TPSA) is 149 Å². The van der Waals surface area contributed by atoms with Crippen LogP contribution in [-0.2, 0) is 16.1 Å². The lowest BCUT2D eigenvalue weighted by atomic mass is 9.76. The minimum absolute atomic E-state index is 0.117. The SMILES string of the molecule is Cc1ncc(-c2ccc3c(c(C(N)=O)nn3CC(=O)N3[C@H](C(=O)Nc4nc(Br)ccc4C)C[C@@]4(C)C#C[C@@H]34)c2F)cn1. The highest BCUT2D eigenvalue weighted by Gasteiger charge is 2.56. The van der Waals surface area contributed by atoms with Crippen molar-refractivity contribution < 1.29 is 18.8 Å². The fourth-order valence-corrected chi connectivity index (χ4v) is 5.77. The highest BCUT2D eigenvalue weighted by molar-refractivity contribution is 9.10. The summed E-state index contributed by atoms with van der Waals surface area (Å²) in [6.07, 6.45) is 3.29. The lowest BCUT2D eigenvalue weighted by Crippen LogP contribution is -2.50. The van der Waals surface area contributed by atoms with E-state index in [2.05, 4.69) is 53.1 Å². The molecule has 11 nitrogen and oxygen atoms in total. The van der Waals surface area contributed by atoms with Crippen molar-refractivity contribution in [3.8, 4) is 23.0 Å². The number of hydrogen-bond donors (Lipinski definition) is 2. The number of likely N-dealkylation sites (tertiary alicyclic amines) is 1. The number of hydrogen-bond acceptors (Lipinski definition) is 7. The molecule has 13 heteroatoms. The molecule has 0 bridgehead atoms. The van der Waals surface area contributed by atoms with Crippen LogP contribution in [0.15, 0.2) is 41.3 Å². The van der Waals surface area contributed by atoms with Crippen LogP contribution in [0, 0.1) is 36.9 Å². The number of nitrogens with two attached hydrogens (primary N) is 1. The Balaban J connectivity index is 1.34. The molecule has 2 aliphatic rings. The largest absolute Gasteiger partial charge is 0.364 e. The summed E-state index contributed by atoms with van der Waals surface area (Å²) in [6.45, 7) is 5.06. The summed E-state index contributed by atoms with van der Waals surface area (Å²) in [6, 6.07) is 5.31. The van der Waals surface area contributed by atoms with E-state index in [9.17, 15) is 14.4 Å². The predicted molar refractivity (Wildman–Crippen MR) is 154 cm³/mol. The number of aryl methyl sites for hydroxylation is 2. The van der Waals surface area contributed by atoms with Gasteiger partial charge in [0.05, 0.1) is 16.3 Å². The van der Waals surface area contributed by atoms with Gasteiger partial charge in [0.2, 0.25) is 11.8 Å². The second kappa shape index (κ2) is 9.99. The molecule has 1 fully saturated rings. The Kier molecular flexibility index (Phi) is 6.53. The Labute approximate surface area is 247 Å². The number of nitrogens with zero attached hydrogens (tertiary/aromatic N) is 6. The number of rotatable bonds is 6. The molecule has 0 spiro atoms. The van der Waals surface area contributed by atoms with Gasteiger partial charge in [0.15, 0.2) is 5.69 Å². The second-order valence-corrected chi connectivity index (χ2v) is 11.4. The van der Waals surface area contributed by atoms with Gasteiger partial charge in [-0.3, -0.25) is 19.1 Å². The average Bonchev–Trinajstić information content (AvgIpc) is 3.41. The quantitative estimate of drug-likeness (QED) is 0.245. The summed E-state index contributed by atoms with van der Waals surface area (Å²) in [5.74, 6) is 4.44.